The molecule has 0 aromatic heterocycles. The SMILES string of the molecule is COc1cccc(/C=C/C(=O)Nc2ccc(N(CC(=O)O)c3ccccc3)cc2)c1. The lowest BCUT2D eigenvalue weighted by atomic mass is 10.2. The number of carboxylic acids is 1. The Labute approximate surface area is 175 Å². The van der Waals surface area contributed by atoms with Crippen LogP contribution in [0.15, 0.2) is 84.9 Å². The average Bonchev–Trinajstić information content (AvgIpc) is 2.77. The Balaban J connectivity index is 1.69. The highest BCUT2D eigenvalue weighted by atomic mass is 16.5. The van der Waals surface area contributed by atoms with Crippen LogP contribution in [0.2, 0.25) is 0 Å². The summed E-state index contributed by atoms with van der Waals surface area (Å²) in [6.45, 7) is -0.168. The van der Waals surface area contributed by atoms with Crippen molar-refractivity contribution in [2.45, 2.75) is 0 Å². The van der Waals surface area contributed by atoms with E-state index in [1.54, 1.807) is 42.4 Å². The topological polar surface area (TPSA) is 78.9 Å². The predicted octanol–water partition coefficient (Wildman–Crippen LogP) is 4.57. The third-order valence-electron chi connectivity index (χ3n) is 4.33. The summed E-state index contributed by atoms with van der Waals surface area (Å²) in [5.41, 5.74) is 2.96. The maximum atomic E-state index is 12.2. The molecule has 6 nitrogen and oxygen atoms in total. The van der Waals surface area contributed by atoms with Crippen LogP contribution in [0.4, 0.5) is 17.1 Å². The number of nitrogens with one attached hydrogen (secondary N) is 1. The van der Waals surface area contributed by atoms with E-state index in [1.807, 2.05) is 54.6 Å². The fraction of sp³-hybridized carbons (Fsp3) is 0.0833. The summed E-state index contributed by atoms with van der Waals surface area (Å²) in [6, 6.07) is 23.7. The molecule has 0 heterocycles. The van der Waals surface area contributed by atoms with Crippen LogP contribution in [-0.4, -0.2) is 30.6 Å². The van der Waals surface area contributed by atoms with Crippen molar-refractivity contribution >= 4 is 35.0 Å². The Morgan fingerprint density at radius 3 is 2.33 bits per heavy atom. The van der Waals surface area contributed by atoms with Crippen molar-refractivity contribution in [1.82, 2.24) is 0 Å². The van der Waals surface area contributed by atoms with Gasteiger partial charge >= 0.3 is 5.97 Å². The van der Waals surface area contributed by atoms with Gasteiger partial charge < -0.3 is 20.1 Å². The van der Waals surface area contributed by atoms with Gasteiger partial charge in [0.2, 0.25) is 5.91 Å². The summed E-state index contributed by atoms with van der Waals surface area (Å²) in [5.74, 6) is -0.479. The normalized spacial score (nSPS) is 10.6. The summed E-state index contributed by atoms with van der Waals surface area (Å²) >= 11 is 0. The van der Waals surface area contributed by atoms with E-state index in [0.29, 0.717) is 11.4 Å². The van der Waals surface area contributed by atoms with E-state index >= 15 is 0 Å². The minimum absolute atomic E-state index is 0.168. The molecule has 0 saturated heterocycles. The number of carbonyl (C=O) groups excluding carboxylic acids is 1. The molecule has 6 heteroatoms. The van der Waals surface area contributed by atoms with Gasteiger partial charge in [0.25, 0.3) is 0 Å². The fourth-order valence-corrected chi connectivity index (χ4v) is 2.90. The molecule has 0 atom stereocenters. The Kier molecular flexibility index (Phi) is 6.84. The Bertz CT molecular complexity index is 1030. The number of methoxy groups -OCH3 is 1. The van der Waals surface area contributed by atoms with Gasteiger partial charge in [-0.25, -0.2) is 0 Å². The Hall–Kier alpha value is -4.06. The quantitative estimate of drug-likeness (QED) is 0.540. The molecule has 0 aliphatic heterocycles. The highest BCUT2D eigenvalue weighted by molar-refractivity contribution is 6.02. The lowest BCUT2D eigenvalue weighted by molar-refractivity contribution is -0.135. The van der Waals surface area contributed by atoms with E-state index in [1.165, 1.54) is 6.08 Å². The first-order valence-corrected chi connectivity index (χ1v) is 9.33. The molecule has 0 unspecified atom stereocenters. The van der Waals surface area contributed by atoms with E-state index in [4.69, 9.17) is 4.74 Å². The third-order valence-corrected chi connectivity index (χ3v) is 4.33. The average molecular weight is 402 g/mol. The highest BCUT2D eigenvalue weighted by Crippen LogP contribution is 2.26. The molecular formula is C24H22N2O4. The molecule has 0 fully saturated rings. The molecule has 0 saturated carbocycles. The van der Waals surface area contributed by atoms with Crippen molar-refractivity contribution in [3.05, 3.63) is 90.5 Å². The number of ether oxygens (including phenoxy) is 1. The van der Waals surface area contributed by atoms with Crippen LogP contribution in [0.25, 0.3) is 6.08 Å². The van der Waals surface area contributed by atoms with Crippen LogP contribution in [0, 0.1) is 0 Å². The first-order valence-electron chi connectivity index (χ1n) is 9.33. The zero-order valence-electron chi connectivity index (χ0n) is 16.5. The lowest BCUT2D eigenvalue weighted by Crippen LogP contribution is -2.24. The minimum atomic E-state index is -0.932. The van der Waals surface area contributed by atoms with E-state index in [9.17, 15) is 14.7 Å². The smallest absolute Gasteiger partial charge is 0.323 e. The number of para-hydroxylation sites is 1. The Morgan fingerprint density at radius 2 is 1.67 bits per heavy atom. The van der Waals surface area contributed by atoms with Crippen LogP contribution in [0.1, 0.15) is 5.56 Å². The number of aliphatic carboxylic acids is 1. The van der Waals surface area contributed by atoms with Crippen molar-refractivity contribution in [3.63, 3.8) is 0 Å². The minimum Gasteiger partial charge on any atom is -0.497 e. The van der Waals surface area contributed by atoms with Crippen molar-refractivity contribution in [1.29, 1.82) is 0 Å². The van der Waals surface area contributed by atoms with Crippen molar-refractivity contribution < 1.29 is 19.4 Å². The second-order valence-corrected chi connectivity index (χ2v) is 6.46. The summed E-state index contributed by atoms with van der Waals surface area (Å²) in [5, 5.41) is 12.0. The molecule has 0 spiro atoms. The number of nitrogens with zero attached hydrogens (tertiary/aromatic N) is 1. The van der Waals surface area contributed by atoms with E-state index < -0.39 is 5.97 Å². The van der Waals surface area contributed by atoms with Gasteiger partial charge in [-0.3, -0.25) is 9.59 Å². The first kappa shape index (κ1) is 20.7. The number of hydrogen-bond acceptors (Lipinski definition) is 4. The van der Waals surface area contributed by atoms with E-state index in [0.717, 1.165) is 17.0 Å². The molecule has 30 heavy (non-hydrogen) atoms. The van der Waals surface area contributed by atoms with Crippen molar-refractivity contribution in [2.24, 2.45) is 0 Å². The maximum absolute atomic E-state index is 12.2. The van der Waals surface area contributed by atoms with Gasteiger partial charge in [0.1, 0.15) is 12.3 Å². The first-order chi connectivity index (χ1) is 14.5. The van der Waals surface area contributed by atoms with Crippen LogP contribution < -0.4 is 15.0 Å². The van der Waals surface area contributed by atoms with Gasteiger partial charge in [0, 0.05) is 23.1 Å². The summed E-state index contributed by atoms with van der Waals surface area (Å²) < 4.78 is 5.17. The number of benzene rings is 3. The standard InChI is InChI=1S/C24H22N2O4/c1-30-22-9-5-6-18(16-22)10-15-23(27)25-19-11-13-21(14-12-19)26(17-24(28)29)20-7-3-2-4-8-20/h2-16H,17H2,1H3,(H,25,27)(H,28,29)/b15-10+. The second kappa shape index (κ2) is 9.93. The Morgan fingerprint density at radius 1 is 0.967 bits per heavy atom. The number of carboxylic acid groups (broad SMARTS) is 1. The number of amides is 1. The number of rotatable bonds is 8. The largest absolute Gasteiger partial charge is 0.497 e. The monoisotopic (exact) mass is 402 g/mol. The van der Waals surface area contributed by atoms with Crippen molar-refractivity contribution in [3.8, 4) is 5.75 Å². The van der Waals surface area contributed by atoms with Gasteiger partial charge in [-0.05, 0) is 60.2 Å². The summed E-state index contributed by atoms with van der Waals surface area (Å²) in [6.07, 6.45) is 3.15. The molecule has 3 aromatic carbocycles. The molecular weight excluding hydrogens is 380 g/mol. The fourth-order valence-electron chi connectivity index (χ4n) is 2.90. The molecule has 2 N–H and O–H groups in total. The summed E-state index contributed by atoms with van der Waals surface area (Å²) in [4.78, 5) is 25.2. The maximum Gasteiger partial charge on any atom is 0.323 e. The number of hydrogen-bond donors (Lipinski definition) is 2. The highest BCUT2D eigenvalue weighted by Gasteiger charge is 2.13. The van der Waals surface area contributed by atoms with Gasteiger partial charge in [-0.15, -0.1) is 0 Å². The predicted molar refractivity (Wildman–Crippen MR) is 118 cm³/mol. The molecule has 0 bridgehead atoms. The molecule has 1 amide bonds. The number of carbonyl (C=O) groups is 2. The van der Waals surface area contributed by atoms with Crippen LogP contribution in [0.3, 0.4) is 0 Å². The van der Waals surface area contributed by atoms with E-state index in [2.05, 4.69) is 5.32 Å². The van der Waals surface area contributed by atoms with Gasteiger partial charge in [0.05, 0.1) is 7.11 Å². The molecule has 0 aliphatic carbocycles. The van der Waals surface area contributed by atoms with Crippen molar-refractivity contribution in [2.75, 3.05) is 23.9 Å². The number of anilines is 3. The van der Waals surface area contributed by atoms with Crippen LogP contribution >= 0.6 is 0 Å². The van der Waals surface area contributed by atoms with Gasteiger partial charge in [0.15, 0.2) is 0 Å². The molecule has 0 radical (unpaired) electrons. The van der Waals surface area contributed by atoms with Gasteiger partial charge in [-0.2, -0.15) is 0 Å². The molecule has 3 rings (SSSR count). The molecule has 0 aliphatic rings. The zero-order chi connectivity index (χ0) is 21.3. The van der Waals surface area contributed by atoms with Crippen LogP contribution in [0.5, 0.6) is 5.75 Å². The molecule has 152 valence electrons. The second-order valence-electron chi connectivity index (χ2n) is 6.46. The van der Waals surface area contributed by atoms with E-state index in [-0.39, 0.29) is 12.5 Å². The zero-order valence-corrected chi connectivity index (χ0v) is 16.5. The molecule has 3 aromatic rings. The third kappa shape index (κ3) is 5.72. The van der Waals surface area contributed by atoms with Gasteiger partial charge in [-0.1, -0.05) is 30.3 Å². The summed E-state index contributed by atoms with van der Waals surface area (Å²) in [7, 11) is 1.59. The lowest BCUT2D eigenvalue weighted by Gasteiger charge is -2.23. The van der Waals surface area contributed by atoms with Crippen LogP contribution in [-0.2, 0) is 9.59 Å².